The second-order valence-electron chi connectivity index (χ2n) is 3.33. The first kappa shape index (κ1) is 12.9. The van der Waals surface area contributed by atoms with E-state index in [0.717, 1.165) is 13.7 Å². The first-order valence-corrected chi connectivity index (χ1v) is 6.95. The number of hydrogen-bond acceptors (Lipinski definition) is 3. The lowest BCUT2D eigenvalue weighted by molar-refractivity contribution is 1.31. The van der Waals surface area contributed by atoms with Crippen LogP contribution in [0.5, 0.6) is 0 Å². The molecule has 2 aromatic rings. The molecule has 88 valence electrons. The maximum absolute atomic E-state index is 5.82. The summed E-state index contributed by atoms with van der Waals surface area (Å²) < 4.78 is 2.16. The first-order chi connectivity index (χ1) is 8.06. The highest BCUT2D eigenvalue weighted by Crippen LogP contribution is 2.27. The molecule has 2 rings (SSSR count). The Balaban J connectivity index is 2.31. The predicted octanol–water partition coefficient (Wildman–Crippen LogP) is 4.43. The van der Waals surface area contributed by atoms with Crippen LogP contribution in [0, 0.1) is 3.57 Å². The molecule has 3 nitrogen and oxygen atoms in total. The summed E-state index contributed by atoms with van der Waals surface area (Å²) in [6.45, 7) is 0. The van der Waals surface area contributed by atoms with Crippen LogP contribution < -0.4 is 11.1 Å². The minimum Gasteiger partial charge on any atom is -0.396 e. The van der Waals surface area contributed by atoms with Crippen molar-refractivity contribution < 1.29 is 0 Å². The summed E-state index contributed by atoms with van der Waals surface area (Å²) in [5.74, 6) is 0.561. The summed E-state index contributed by atoms with van der Waals surface area (Å²) in [6.07, 6.45) is 0. The number of nitrogen functional groups attached to an aromatic ring is 1. The van der Waals surface area contributed by atoms with Crippen molar-refractivity contribution in [2.45, 2.75) is 0 Å². The van der Waals surface area contributed by atoms with Crippen LogP contribution >= 0.6 is 50.1 Å². The van der Waals surface area contributed by atoms with Crippen molar-refractivity contribution in [1.29, 1.82) is 0 Å². The van der Waals surface area contributed by atoms with Crippen LogP contribution in [0.2, 0.25) is 5.15 Å². The summed E-state index contributed by atoms with van der Waals surface area (Å²) in [5.41, 5.74) is 7.27. The van der Waals surface area contributed by atoms with E-state index in [9.17, 15) is 0 Å². The lowest BCUT2D eigenvalue weighted by Gasteiger charge is -2.09. The van der Waals surface area contributed by atoms with Crippen molar-refractivity contribution in [3.05, 3.63) is 43.5 Å². The predicted molar refractivity (Wildman–Crippen MR) is 83.8 cm³/mol. The van der Waals surface area contributed by atoms with Crippen LogP contribution in [0.25, 0.3) is 0 Å². The van der Waals surface area contributed by atoms with Crippen LogP contribution in [0.3, 0.4) is 0 Å². The van der Waals surface area contributed by atoms with Gasteiger partial charge in [0.25, 0.3) is 0 Å². The average Bonchev–Trinajstić information content (AvgIpc) is 2.29. The minimum absolute atomic E-state index is 0.409. The lowest BCUT2D eigenvalue weighted by atomic mass is 10.3. The molecule has 1 aromatic heterocycles. The van der Waals surface area contributed by atoms with Crippen molar-refractivity contribution in [3.8, 4) is 0 Å². The monoisotopic (exact) mass is 423 g/mol. The SMILES string of the molecule is Nc1ccc(Cl)nc1Nc1ccc(I)c(Br)c1. The van der Waals surface area contributed by atoms with E-state index in [1.54, 1.807) is 12.1 Å². The van der Waals surface area contributed by atoms with E-state index in [-0.39, 0.29) is 0 Å². The Morgan fingerprint density at radius 1 is 1.29 bits per heavy atom. The van der Waals surface area contributed by atoms with Gasteiger partial charge in [-0.15, -0.1) is 0 Å². The molecule has 0 fully saturated rings. The molecule has 0 aliphatic rings. The molecule has 0 amide bonds. The second kappa shape index (κ2) is 5.41. The van der Waals surface area contributed by atoms with Gasteiger partial charge in [-0.2, -0.15) is 0 Å². The Morgan fingerprint density at radius 2 is 2.06 bits per heavy atom. The summed E-state index contributed by atoms with van der Waals surface area (Å²) >= 11 is 11.5. The summed E-state index contributed by atoms with van der Waals surface area (Å²) in [6, 6.07) is 9.29. The van der Waals surface area contributed by atoms with E-state index < -0.39 is 0 Å². The van der Waals surface area contributed by atoms with Crippen LogP contribution in [-0.2, 0) is 0 Å². The van der Waals surface area contributed by atoms with Crippen LogP contribution in [0.1, 0.15) is 0 Å². The zero-order valence-corrected chi connectivity index (χ0v) is 13.0. The van der Waals surface area contributed by atoms with E-state index in [4.69, 9.17) is 17.3 Å². The number of anilines is 3. The second-order valence-corrected chi connectivity index (χ2v) is 5.73. The Hall–Kier alpha value is -0.530. The molecule has 0 unspecified atom stereocenters. The maximum Gasteiger partial charge on any atom is 0.155 e. The summed E-state index contributed by atoms with van der Waals surface area (Å²) in [5, 5.41) is 3.54. The molecular formula is C11H8BrClIN3. The van der Waals surface area contributed by atoms with E-state index in [1.165, 1.54) is 0 Å². The van der Waals surface area contributed by atoms with Crippen molar-refractivity contribution in [3.63, 3.8) is 0 Å². The van der Waals surface area contributed by atoms with Gasteiger partial charge in [0, 0.05) is 13.7 Å². The first-order valence-electron chi connectivity index (χ1n) is 4.70. The van der Waals surface area contributed by atoms with Gasteiger partial charge < -0.3 is 11.1 Å². The quantitative estimate of drug-likeness (QED) is 0.554. The Morgan fingerprint density at radius 3 is 2.76 bits per heavy atom. The fourth-order valence-corrected chi connectivity index (χ4v) is 2.12. The van der Waals surface area contributed by atoms with E-state index in [0.29, 0.717) is 16.7 Å². The topological polar surface area (TPSA) is 50.9 Å². The number of benzene rings is 1. The van der Waals surface area contributed by atoms with Gasteiger partial charge in [-0.25, -0.2) is 4.98 Å². The van der Waals surface area contributed by atoms with Crippen LogP contribution in [0.15, 0.2) is 34.8 Å². The number of halogens is 3. The van der Waals surface area contributed by atoms with E-state index >= 15 is 0 Å². The number of rotatable bonds is 2. The number of hydrogen-bond donors (Lipinski definition) is 2. The van der Waals surface area contributed by atoms with Crippen molar-refractivity contribution in [2.24, 2.45) is 0 Å². The van der Waals surface area contributed by atoms with Gasteiger partial charge in [0.15, 0.2) is 5.82 Å². The van der Waals surface area contributed by atoms with Crippen molar-refractivity contribution in [1.82, 2.24) is 4.98 Å². The number of pyridine rings is 1. The molecule has 0 spiro atoms. The molecule has 0 radical (unpaired) electrons. The normalized spacial score (nSPS) is 10.3. The average molecular weight is 424 g/mol. The molecule has 0 saturated heterocycles. The summed E-state index contributed by atoms with van der Waals surface area (Å²) in [4.78, 5) is 4.13. The third-order valence-corrected chi connectivity index (χ3v) is 4.62. The van der Waals surface area contributed by atoms with Crippen molar-refractivity contribution >= 4 is 67.3 Å². The summed E-state index contributed by atoms with van der Waals surface area (Å²) in [7, 11) is 0. The van der Waals surface area contributed by atoms with Gasteiger partial charge in [0.1, 0.15) is 5.15 Å². The molecule has 0 atom stereocenters. The maximum atomic E-state index is 5.82. The Labute approximate surface area is 126 Å². The molecule has 1 aromatic carbocycles. The fraction of sp³-hybridized carbons (Fsp3) is 0. The highest BCUT2D eigenvalue weighted by atomic mass is 127. The van der Waals surface area contributed by atoms with Crippen LogP contribution in [0.4, 0.5) is 17.2 Å². The zero-order chi connectivity index (χ0) is 12.4. The fourth-order valence-electron chi connectivity index (χ4n) is 1.26. The van der Waals surface area contributed by atoms with Crippen molar-refractivity contribution in [2.75, 3.05) is 11.1 Å². The van der Waals surface area contributed by atoms with Gasteiger partial charge in [-0.05, 0) is 68.9 Å². The van der Waals surface area contributed by atoms with Gasteiger partial charge in [-0.1, -0.05) is 11.6 Å². The third kappa shape index (κ3) is 3.23. The standard InChI is InChI=1S/C11H8BrClIN3/c12-7-5-6(1-2-8(7)14)16-11-9(15)3-4-10(13)17-11/h1-5H,15H2,(H,16,17). The molecule has 17 heavy (non-hydrogen) atoms. The molecular weight excluding hydrogens is 416 g/mol. The number of nitrogens with one attached hydrogen (secondary N) is 1. The number of nitrogens with zero attached hydrogens (tertiary/aromatic N) is 1. The Bertz CT molecular complexity index is 562. The molecule has 1 heterocycles. The largest absolute Gasteiger partial charge is 0.396 e. The van der Waals surface area contributed by atoms with Crippen LogP contribution in [-0.4, -0.2) is 4.98 Å². The molecule has 0 saturated carbocycles. The lowest BCUT2D eigenvalue weighted by Crippen LogP contribution is -1.99. The highest BCUT2D eigenvalue weighted by Gasteiger charge is 2.04. The molecule has 0 aliphatic carbocycles. The Kier molecular flexibility index (Phi) is 4.11. The zero-order valence-electron chi connectivity index (χ0n) is 8.55. The van der Waals surface area contributed by atoms with Gasteiger partial charge in [-0.3, -0.25) is 0 Å². The smallest absolute Gasteiger partial charge is 0.155 e. The van der Waals surface area contributed by atoms with E-state index in [1.807, 2.05) is 18.2 Å². The third-order valence-electron chi connectivity index (χ3n) is 2.07. The molecule has 0 bridgehead atoms. The minimum atomic E-state index is 0.409. The molecule has 3 N–H and O–H groups in total. The molecule has 6 heteroatoms. The number of aromatic nitrogens is 1. The highest BCUT2D eigenvalue weighted by molar-refractivity contribution is 14.1. The molecule has 0 aliphatic heterocycles. The van der Waals surface area contributed by atoms with Gasteiger partial charge in [0.05, 0.1) is 5.69 Å². The van der Waals surface area contributed by atoms with E-state index in [2.05, 4.69) is 48.8 Å². The van der Waals surface area contributed by atoms with Gasteiger partial charge in [0.2, 0.25) is 0 Å². The number of nitrogens with two attached hydrogens (primary N) is 1. The van der Waals surface area contributed by atoms with Gasteiger partial charge >= 0.3 is 0 Å².